The topological polar surface area (TPSA) is 74.2 Å². The molecule has 2 N–H and O–H groups in total. The van der Waals surface area contributed by atoms with Crippen molar-refractivity contribution in [3.63, 3.8) is 0 Å². The zero-order valence-electron chi connectivity index (χ0n) is 10.4. The highest BCUT2D eigenvalue weighted by molar-refractivity contribution is 5.57. The number of hydrogen-bond donors (Lipinski definition) is 1. The lowest BCUT2D eigenvalue weighted by Gasteiger charge is -1.97. The molecule has 2 aromatic rings. The van der Waals surface area contributed by atoms with Gasteiger partial charge in [-0.1, -0.05) is 12.1 Å². The summed E-state index contributed by atoms with van der Waals surface area (Å²) < 4.78 is 10.5. The summed E-state index contributed by atoms with van der Waals surface area (Å²) in [6, 6.07) is 7.38. The van der Waals surface area contributed by atoms with Crippen LogP contribution in [0.5, 0.6) is 0 Å². The molecule has 0 aliphatic rings. The van der Waals surface area contributed by atoms with Crippen molar-refractivity contribution < 1.29 is 9.26 Å². The molecule has 0 aliphatic carbocycles. The lowest BCUT2D eigenvalue weighted by Crippen LogP contribution is -1.99. The molecule has 0 bridgehead atoms. The molecule has 1 aromatic carbocycles. The SMILES string of the molecule is CCCOCCc1nc(-c2ccc(N)cc2)no1. The fourth-order valence-electron chi connectivity index (χ4n) is 1.51. The molecule has 0 aliphatic heterocycles. The second kappa shape index (κ2) is 6.16. The number of anilines is 1. The largest absolute Gasteiger partial charge is 0.399 e. The Labute approximate surface area is 106 Å². The summed E-state index contributed by atoms with van der Waals surface area (Å²) in [5.74, 6) is 1.18. The van der Waals surface area contributed by atoms with Crippen LogP contribution in [0, 0.1) is 0 Å². The Bertz CT molecular complexity index is 479. The zero-order chi connectivity index (χ0) is 12.8. The maximum atomic E-state index is 5.62. The minimum absolute atomic E-state index is 0.584. The highest BCUT2D eigenvalue weighted by Crippen LogP contribution is 2.17. The molecule has 0 saturated heterocycles. The second-order valence-electron chi connectivity index (χ2n) is 4.00. The molecule has 96 valence electrons. The van der Waals surface area contributed by atoms with Crippen LogP contribution < -0.4 is 5.73 Å². The number of rotatable bonds is 6. The minimum Gasteiger partial charge on any atom is -0.399 e. The van der Waals surface area contributed by atoms with Gasteiger partial charge in [0.2, 0.25) is 11.7 Å². The van der Waals surface area contributed by atoms with Gasteiger partial charge in [-0.15, -0.1) is 0 Å². The van der Waals surface area contributed by atoms with E-state index in [1.165, 1.54) is 0 Å². The van der Waals surface area contributed by atoms with Gasteiger partial charge >= 0.3 is 0 Å². The van der Waals surface area contributed by atoms with Crippen LogP contribution in [0.1, 0.15) is 19.2 Å². The fraction of sp³-hybridized carbons (Fsp3) is 0.385. The zero-order valence-corrected chi connectivity index (χ0v) is 10.4. The lowest BCUT2D eigenvalue weighted by molar-refractivity contribution is 0.132. The van der Waals surface area contributed by atoms with Crippen molar-refractivity contribution in [1.29, 1.82) is 0 Å². The van der Waals surface area contributed by atoms with E-state index in [9.17, 15) is 0 Å². The van der Waals surface area contributed by atoms with Crippen LogP contribution in [0.2, 0.25) is 0 Å². The number of nitrogens with two attached hydrogens (primary N) is 1. The Morgan fingerprint density at radius 2 is 2.00 bits per heavy atom. The first-order chi connectivity index (χ1) is 8.79. The van der Waals surface area contributed by atoms with Crippen LogP contribution in [-0.4, -0.2) is 23.4 Å². The molecule has 0 spiro atoms. The lowest BCUT2D eigenvalue weighted by atomic mass is 10.2. The van der Waals surface area contributed by atoms with Crippen LogP contribution in [0.4, 0.5) is 5.69 Å². The van der Waals surface area contributed by atoms with E-state index in [-0.39, 0.29) is 0 Å². The summed E-state index contributed by atoms with van der Waals surface area (Å²) in [6.45, 7) is 3.45. The molecule has 1 aromatic heterocycles. The number of hydrogen-bond acceptors (Lipinski definition) is 5. The van der Waals surface area contributed by atoms with Crippen LogP contribution in [0.25, 0.3) is 11.4 Å². The molecule has 0 radical (unpaired) electrons. The predicted octanol–water partition coefficient (Wildman–Crippen LogP) is 2.29. The standard InChI is InChI=1S/C13H17N3O2/c1-2-8-17-9-7-12-15-13(16-18-12)10-3-5-11(14)6-4-10/h3-6H,2,7-9,14H2,1H3. The maximum Gasteiger partial charge on any atom is 0.229 e. The molecular formula is C13H17N3O2. The summed E-state index contributed by atoms with van der Waals surface area (Å²) in [6.07, 6.45) is 1.66. The van der Waals surface area contributed by atoms with Crippen LogP contribution in [0.3, 0.4) is 0 Å². The number of ether oxygens (including phenoxy) is 1. The first-order valence-electron chi connectivity index (χ1n) is 6.06. The van der Waals surface area contributed by atoms with Gasteiger partial charge in [0.1, 0.15) is 0 Å². The van der Waals surface area contributed by atoms with Crippen molar-refractivity contribution in [3.05, 3.63) is 30.2 Å². The highest BCUT2D eigenvalue weighted by Gasteiger charge is 2.08. The van der Waals surface area contributed by atoms with Gasteiger partial charge in [0.05, 0.1) is 13.0 Å². The summed E-state index contributed by atoms with van der Waals surface area (Å²) in [4.78, 5) is 4.31. The van der Waals surface area contributed by atoms with Crippen molar-refractivity contribution in [1.82, 2.24) is 10.1 Å². The molecule has 0 amide bonds. The number of aromatic nitrogens is 2. The average Bonchev–Trinajstić information content (AvgIpc) is 2.84. The Morgan fingerprint density at radius 3 is 2.72 bits per heavy atom. The normalized spacial score (nSPS) is 10.7. The molecule has 0 fully saturated rings. The number of nitrogens with zero attached hydrogens (tertiary/aromatic N) is 2. The minimum atomic E-state index is 0.584. The molecule has 0 unspecified atom stereocenters. The molecule has 5 nitrogen and oxygen atoms in total. The number of benzene rings is 1. The predicted molar refractivity (Wildman–Crippen MR) is 69.0 cm³/mol. The third-order valence-electron chi connectivity index (χ3n) is 2.45. The van der Waals surface area contributed by atoms with Gasteiger partial charge in [0.15, 0.2) is 0 Å². The van der Waals surface area contributed by atoms with Crippen molar-refractivity contribution in [2.24, 2.45) is 0 Å². The summed E-state index contributed by atoms with van der Waals surface area (Å²) in [5, 5.41) is 3.93. The van der Waals surface area contributed by atoms with E-state index >= 15 is 0 Å². The van der Waals surface area contributed by atoms with E-state index in [1.54, 1.807) is 0 Å². The molecule has 1 heterocycles. The van der Waals surface area contributed by atoms with Gasteiger partial charge in [-0.05, 0) is 30.7 Å². The van der Waals surface area contributed by atoms with E-state index in [0.717, 1.165) is 24.3 Å². The first-order valence-corrected chi connectivity index (χ1v) is 6.06. The van der Waals surface area contributed by atoms with Gasteiger partial charge in [-0.3, -0.25) is 0 Å². The number of nitrogen functional groups attached to an aromatic ring is 1. The van der Waals surface area contributed by atoms with Gasteiger partial charge in [0, 0.05) is 17.9 Å². The monoisotopic (exact) mass is 247 g/mol. The first kappa shape index (κ1) is 12.6. The smallest absolute Gasteiger partial charge is 0.229 e. The van der Waals surface area contributed by atoms with Gasteiger partial charge in [-0.25, -0.2) is 0 Å². The molecular weight excluding hydrogens is 230 g/mol. The molecule has 0 atom stereocenters. The van der Waals surface area contributed by atoms with Crippen LogP contribution in [0.15, 0.2) is 28.8 Å². The Hall–Kier alpha value is -1.88. The molecule has 2 rings (SSSR count). The summed E-state index contributed by atoms with van der Waals surface area (Å²) in [7, 11) is 0. The molecule has 18 heavy (non-hydrogen) atoms. The fourth-order valence-corrected chi connectivity index (χ4v) is 1.51. The maximum absolute atomic E-state index is 5.62. The van der Waals surface area contributed by atoms with Crippen molar-refractivity contribution in [3.8, 4) is 11.4 Å². The quantitative estimate of drug-likeness (QED) is 0.626. The van der Waals surface area contributed by atoms with Gasteiger partial charge in [0.25, 0.3) is 0 Å². The highest BCUT2D eigenvalue weighted by atomic mass is 16.5. The van der Waals surface area contributed by atoms with Crippen molar-refractivity contribution >= 4 is 5.69 Å². The second-order valence-corrected chi connectivity index (χ2v) is 4.00. The molecule has 0 saturated carbocycles. The third kappa shape index (κ3) is 3.30. The van der Waals surface area contributed by atoms with Crippen molar-refractivity contribution in [2.45, 2.75) is 19.8 Å². The van der Waals surface area contributed by atoms with Gasteiger partial charge < -0.3 is 15.0 Å². The average molecular weight is 247 g/mol. The summed E-state index contributed by atoms with van der Waals surface area (Å²) >= 11 is 0. The van der Waals surface area contributed by atoms with E-state index < -0.39 is 0 Å². The Morgan fingerprint density at radius 1 is 1.22 bits per heavy atom. The van der Waals surface area contributed by atoms with E-state index in [2.05, 4.69) is 17.1 Å². The van der Waals surface area contributed by atoms with E-state index in [1.807, 2.05) is 24.3 Å². The van der Waals surface area contributed by atoms with E-state index in [0.29, 0.717) is 24.7 Å². The Kier molecular flexibility index (Phi) is 4.30. The summed E-state index contributed by atoms with van der Waals surface area (Å²) in [5.41, 5.74) is 7.24. The van der Waals surface area contributed by atoms with E-state index in [4.69, 9.17) is 15.0 Å². The third-order valence-corrected chi connectivity index (χ3v) is 2.45. The Balaban J connectivity index is 1.95. The van der Waals surface area contributed by atoms with Crippen molar-refractivity contribution in [2.75, 3.05) is 18.9 Å². The van der Waals surface area contributed by atoms with Crippen LogP contribution >= 0.6 is 0 Å². The molecule has 5 heteroatoms. The van der Waals surface area contributed by atoms with Crippen LogP contribution in [-0.2, 0) is 11.2 Å². The van der Waals surface area contributed by atoms with Gasteiger partial charge in [-0.2, -0.15) is 4.98 Å².